The quantitative estimate of drug-likeness (QED) is 0.300. The second-order valence-electron chi connectivity index (χ2n) is 14.4. The van der Waals surface area contributed by atoms with Gasteiger partial charge in [0, 0.05) is 30.3 Å². The number of amides is 4. The molecule has 2 aromatic rings. The van der Waals surface area contributed by atoms with Crippen molar-refractivity contribution in [1.82, 2.24) is 24.8 Å². The molecule has 3 heterocycles. The van der Waals surface area contributed by atoms with Crippen LogP contribution in [0.1, 0.15) is 68.4 Å². The Hall–Kier alpha value is -4.66. The number of benzene rings is 1. The molecular formula is C35H43N5O9S. The summed E-state index contributed by atoms with van der Waals surface area (Å²) in [7, 11) is -2.14. The lowest BCUT2D eigenvalue weighted by Gasteiger charge is -2.27. The lowest BCUT2D eigenvalue weighted by molar-refractivity contribution is -0.139. The molecule has 15 heteroatoms. The maximum atomic E-state index is 13.9. The third kappa shape index (κ3) is 7.14. The Balaban J connectivity index is 1.27. The van der Waals surface area contributed by atoms with Gasteiger partial charge in [0.15, 0.2) is 0 Å². The van der Waals surface area contributed by atoms with E-state index < -0.39 is 75.2 Å². The summed E-state index contributed by atoms with van der Waals surface area (Å²) in [5, 5.41) is 5.34. The second-order valence-corrected chi connectivity index (χ2v) is 16.4. The van der Waals surface area contributed by atoms with Crippen molar-refractivity contribution >= 4 is 56.8 Å². The fraction of sp³-hybridized carbons (Fsp3) is 0.514. The van der Waals surface area contributed by atoms with Gasteiger partial charge in [0.25, 0.3) is 5.91 Å². The first-order valence-electron chi connectivity index (χ1n) is 16.8. The molecule has 6 rings (SSSR count). The van der Waals surface area contributed by atoms with E-state index in [0.29, 0.717) is 25.7 Å². The number of rotatable bonds is 6. The van der Waals surface area contributed by atoms with Gasteiger partial charge in [-0.25, -0.2) is 18.0 Å². The molecule has 3 fully saturated rings. The van der Waals surface area contributed by atoms with E-state index in [9.17, 15) is 32.4 Å². The number of sulfonamides is 1. The zero-order valence-electron chi connectivity index (χ0n) is 28.4. The molecule has 0 spiro atoms. The van der Waals surface area contributed by atoms with Crippen LogP contribution in [0, 0.1) is 11.3 Å². The van der Waals surface area contributed by atoms with Gasteiger partial charge in [0.2, 0.25) is 21.8 Å². The topological polar surface area (TPSA) is 182 Å². The van der Waals surface area contributed by atoms with E-state index in [-0.39, 0.29) is 37.1 Å². The van der Waals surface area contributed by atoms with Gasteiger partial charge in [0.05, 0.1) is 18.4 Å². The minimum Gasteiger partial charge on any atom is -0.456 e. The van der Waals surface area contributed by atoms with Gasteiger partial charge >= 0.3 is 12.1 Å². The molecule has 0 unspecified atom stereocenters. The lowest BCUT2D eigenvalue weighted by atomic mass is 9.88. The maximum Gasteiger partial charge on any atom is 0.407 e. The van der Waals surface area contributed by atoms with Crippen LogP contribution < -0.4 is 15.4 Å². The van der Waals surface area contributed by atoms with Crippen molar-refractivity contribution in [2.45, 2.75) is 75.3 Å². The van der Waals surface area contributed by atoms with E-state index in [1.165, 1.54) is 11.0 Å². The highest BCUT2D eigenvalue weighted by Gasteiger charge is 2.62. The Morgan fingerprint density at radius 1 is 1.16 bits per heavy atom. The molecule has 4 bridgehead atoms. The number of aromatic nitrogens is 1. The number of fused-ring (bicyclic) bond motifs is 3. The number of carbonyl (C=O) groups is 5. The molecule has 50 heavy (non-hydrogen) atoms. The van der Waals surface area contributed by atoms with Crippen LogP contribution in [0.3, 0.4) is 0 Å². The number of alkyl carbamates (subject to hydrolysis) is 1. The number of esters is 1. The van der Waals surface area contributed by atoms with Crippen molar-refractivity contribution in [3.05, 3.63) is 54.3 Å². The zero-order valence-corrected chi connectivity index (χ0v) is 29.2. The molecule has 2 aliphatic heterocycles. The summed E-state index contributed by atoms with van der Waals surface area (Å²) >= 11 is 0. The molecule has 1 aromatic heterocycles. The molecule has 1 saturated heterocycles. The first kappa shape index (κ1) is 35.2. The third-order valence-corrected chi connectivity index (χ3v) is 11.8. The molecule has 4 amide bonds. The van der Waals surface area contributed by atoms with Crippen LogP contribution >= 0.6 is 0 Å². The number of ether oxygens (including phenoxy) is 2. The van der Waals surface area contributed by atoms with Crippen molar-refractivity contribution in [1.29, 1.82) is 0 Å². The predicted molar refractivity (Wildman–Crippen MR) is 183 cm³/mol. The summed E-state index contributed by atoms with van der Waals surface area (Å²) in [6, 6.07) is 6.30. The molecule has 3 N–H and O–H groups in total. The van der Waals surface area contributed by atoms with Crippen LogP contribution in [0.4, 0.5) is 4.79 Å². The van der Waals surface area contributed by atoms with Gasteiger partial charge < -0.3 is 29.6 Å². The number of hydrogen-bond donors (Lipinski definition) is 3. The Kier molecular flexibility index (Phi) is 9.31. The van der Waals surface area contributed by atoms with Gasteiger partial charge in [-0.3, -0.25) is 19.1 Å². The summed E-state index contributed by atoms with van der Waals surface area (Å²) in [5.41, 5.74) is 0.0798. The molecule has 2 saturated carbocycles. The normalized spacial score (nSPS) is 27.9. The van der Waals surface area contributed by atoms with Crippen molar-refractivity contribution in [2.24, 2.45) is 18.4 Å². The fourth-order valence-corrected chi connectivity index (χ4v) is 8.04. The highest BCUT2D eigenvalue weighted by atomic mass is 32.2. The summed E-state index contributed by atoms with van der Waals surface area (Å²) in [5.74, 6) is -3.43. The second kappa shape index (κ2) is 13.2. The largest absolute Gasteiger partial charge is 0.456 e. The molecular weight excluding hydrogens is 666 g/mol. The van der Waals surface area contributed by atoms with Crippen molar-refractivity contribution in [3.63, 3.8) is 0 Å². The molecule has 268 valence electrons. The number of nitrogens with zero attached hydrogens (tertiary/aromatic N) is 2. The minimum absolute atomic E-state index is 0.100. The zero-order chi connectivity index (χ0) is 36.0. The minimum atomic E-state index is -3.90. The van der Waals surface area contributed by atoms with E-state index in [1.807, 2.05) is 44.2 Å². The summed E-state index contributed by atoms with van der Waals surface area (Å²) in [6.45, 7) is 7.11. The summed E-state index contributed by atoms with van der Waals surface area (Å²) < 4.78 is 40.3. The van der Waals surface area contributed by atoms with Gasteiger partial charge in [-0.1, -0.05) is 44.2 Å². The van der Waals surface area contributed by atoms with Crippen molar-refractivity contribution in [2.75, 3.05) is 19.7 Å². The van der Waals surface area contributed by atoms with E-state index in [0.717, 1.165) is 16.5 Å². The highest BCUT2D eigenvalue weighted by molar-refractivity contribution is 7.91. The molecule has 2 aliphatic carbocycles. The number of allylic oxidation sites excluding steroid dienone is 1. The first-order valence-corrected chi connectivity index (χ1v) is 18.4. The smallest absolute Gasteiger partial charge is 0.407 e. The van der Waals surface area contributed by atoms with Crippen LogP contribution in [0.25, 0.3) is 17.0 Å². The molecule has 14 nitrogen and oxygen atoms in total. The predicted octanol–water partition coefficient (Wildman–Crippen LogP) is 2.53. The number of cyclic esters (lactones) is 1. The Labute approximate surface area is 290 Å². The van der Waals surface area contributed by atoms with E-state index >= 15 is 0 Å². The highest BCUT2D eigenvalue weighted by Crippen LogP contribution is 2.45. The van der Waals surface area contributed by atoms with Crippen LogP contribution in [-0.2, 0) is 40.9 Å². The summed E-state index contributed by atoms with van der Waals surface area (Å²) in [4.78, 5) is 68.1. The van der Waals surface area contributed by atoms with Crippen LogP contribution in [0.15, 0.2) is 43.0 Å². The maximum absolute atomic E-state index is 13.9. The fourth-order valence-electron chi connectivity index (χ4n) is 6.68. The Morgan fingerprint density at radius 3 is 2.62 bits per heavy atom. The Morgan fingerprint density at radius 2 is 1.92 bits per heavy atom. The van der Waals surface area contributed by atoms with Crippen LogP contribution in [-0.4, -0.2) is 90.3 Å². The van der Waals surface area contributed by atoms with Crippen LogP contribution in [0.2, 0.25) is 0 Å². The molecule has 0 radical (unpaired) electrons. The lowest BCUT2D eigenvalue weighted by Crippen LogP contribution is -2.57. The monoisotopic (exact) mass is 709 g/mol. The van der Waals surface area contributed by atoms with Gasteiger partial charge in [-0.05, 0) is 55.2 Å². The number of hydrogen-bond acceptors (Lipinski definition) is 9. The van der Waals surface area contributed by atoms with Crippen LogP contribution in [0.5, 0.6) is 0 Å². The number of nitrogens with one attached hydrogen (secondary N) is 3. The Bertz CT molecular complexity index is 1900. The average Bonchev–Trinajstić information content (AvgIpc) is 3.97. The van der Waals surface area contributed by atoms with E-state index in [1.54, 1.807) is 17.7 Å². The van der Waals surface area contributed by atoms with Crippen molar-refractivity contribution in [3.8, 4) is 0 Å². The molecule has 1 aromatic carbocycles. The third-order valence-electron chi connectivity index (χ3n) is 10.0. The van der Waals surface area contributed by atoms with E-state index in [2.05, 4.69) is 21.9 Å². The van der Waals surface area contributed by atoms with Gasteiger partial charge in [0.1, 0.15) is 29.9 Å². The molecule has 4 aliphatic rings. The standard InChI is InChI=1S/C35H43N5O9S/c1-5-22-17-35(22,32(44)38-50(46,47)24-12-13-24)37-30(42)27-15-23-19-40(27)29(41)18-36-33(45)48-20-34(2,3)14-7-6-9-21-10-8-11-26-25(21)16-28(39(26)4)31(43)49-23/h5-6,8-11,16,22-24,27H,1,7,12-15,17-20H2,2-4H3,(H,36,45)(H,37,42)(H,38,44)/b9-6+/t22-,23+,27-,35+/m0/s1. The number of carbonyl (C=O) groups excluding carboxylic acids is 5. The van der Waals surface area contributed by atoms with Gasteiger partial charge in [-0.2, -0.15) is 0 Å². The average molecular weight is 710 g/mol. The molecule has 4 atom stereocenters. The van der Waals surface area contributed by atoms with Gasteiger partial charge in [-0.15, -0.1) is 6.58 Å². The summed E-state index contributed by atoms with van der Waals surface area (Å²) in [6.07, 6.45) is 6.12. The SMILES string of the molecule is C=C[C@H]1C[C@]1(NC(=O)[C@@H]1C[C@@H]2CN1C(=O)CNC(=O)OCC(C)(C)CC/C=C/c1cccc3c1cc(n3C)C(=O)O2)C(=O)NS(=O)(=O)C1CC1. The first-order chi connectivity index (χ1) is 23.6. The van der Waals surface area contributed by atoms with E-state index in [4.69, 9.17) is 9.47 Å². The number of aryl methyl sites for hydroxylation is 1. The van der Waals surface area contributed by atoms with Crippen molar-refractivity contribution < 1.29 is 41.9 Å².